The molecular formula is C26H31N3O3. The highest BCUT2D eigenvalue weighted by atomic mass is 16.5. The third kappa shape index (κ3) is 3.50. The van der Waals surface area contributed by atoms with Crippen LogP contribution in [0, 0.1) is 18.3 Å². The molecule has 4 saturated heterocycles. The Kier molecular flexibility index (Phi) is 5.68. The molecule has 1 aromatic heterocycles. The number of benzene rings is 1. The molecule has 168 valence electrons. The van der Waals surface area contributed by atoms with Gasteiger partial charge in [0.15, 0.2) is 0 Å². The summed E-state index contributed by atoms with van der Waals surface area (Å²) in [6.07, 6.45) is 7.67. The average Bonchev–Trinajstić information content (AvgIpc) is 3.21. The predicted molar refractivity (Wildman–Crippen MR) is 123 cm³/mol. The lowest BCUT2D eigenvalue weighted by Gasteiger charge is -2.54. The number of piperidine rings is 3. The second kappa shape index (κ2) is 8.49. The minimum absolute atomic E-state index is 0.127. The molecule has 6 heteroatoms. The van der Waals surface area contributed by atoms with E-state index in [-0.39, 0.29) is 18.1 Å². The first-order valence-corrected chi connectivity index (χ1v) is 11.5. The largest absolute Gasteiger partial charge is 0.388 e. The molecule has 0 aliphatic carbocycles. The van der Waals surface area contributed by atoms with Gasteiger partial charge in [0.05, 0.1) is 11.8 Å². The Morgan fingerprint density at radius 2 is 1.91 bits per heavy atom. The molecule has 1 aromatic carbocycles. The lowest BCUT2D eigenvalue weighted by Crippen LogP contribution is -2.63. The van der Waals surface area contributed by atoms with Crippen LogP contribution in [0.1, 0.15) is 29.7 Å². The molecule has 1 unspecified atom stereocenters. The summed E-state index contributed by atoms with van der Waals surface area (Å²) in [5.41, 5.74) is 1.71. The van der Waals surface area contributed by atoms with Crippen molar-refractivity contribution in [2.45, 2.75) is 43.1 Å². The van der Waals surface area contributed by atoms with Crippen molar-refractivity contribution in [3.63, 3.8) is 0 Å². The van der Waals surface area contributed by atoms with Crippen LogP contribution in [0.2, 0.25) is 0 Å². The van der Waals surface area contributed by atoms with E-state index < -0.39 is 11.7 Å². The second-order valence-corrected chi connectivity index (χ2v) is 9.28. The molecule has 0 radical (unpaired) electrons. The Morgan fingerprint density at radius 1 is 1.16 bits per heavy atom. The van der Waals surface area contributed by atoms with Gasteiger partial charge in [0, 0.05) is 32.2 Å². The number of aromatic nitrogens is 1. The summed E-state index contributed by atoms with van der Waals surface area (Å²) in [5.74, 6) is 3.81. The number of rotatable bonds is 5. The number of anilines is 1. The zero-order chi connectivity index (χ0) is 22.3. The zero-order valence-electron chi connectivity index (χ0n) is 18.5. The fourth-order valence-corrected chi connectivity index (χ4v) is 5.83. The molecule has 32 heavy (non-hydrogen) atoms. The van der Waals surface area contributed by atoms with Crippen LogP contribution in [0.15, 0.2) is 42.5 Å². The summed E-state index contributed by atoms with van der Waals surface area (Å²) in [4.78, 5) is 9.33. The van der Waals surface area contributed by atoms with Crippen molar-refractivity contribution in [3.05, 3.63) is 59.3 Å². The van der Waals surface area contributed by atoms with Crippen LogP contribution >= 0.6 is 0 Å². The lowest BCUT2D eigenvalue weighted by molar-refractivity contribution is -0.143. The van der Waals surface area contributed by atoms with Crippen molar-refractivity contribution in [1.29, 1.82) is 0 Å². The first-order chi connectivity index (χ1) is 15.5. The Morgan fingerprint density at radius 3 is 2.56 bits per heavy atom. The number of β-amino-alcohol motifs (C(OH)–C–C–N with tert-alkyl or cyclic N) is 1. The van der Waals surface area contributed by atoms with Gasteiger partial charge >= 0.3 is 0 Å². The van der Waals surface area contributed by atoms with Gasteiger partial charge < -0.3 is 19.8 Å². The topological polar surface area (TPSA) is 69.1 Å². The van der Waals surface area contributed by atoms with Gasteiger partial charge in [-0.2, -0.15) is 0 Å². The van der Waals surface area contributed by atoms with Crippen LogP contribution < -0.4 is 4.90 Å². The standard InChI is InChI=1S/C26H31N3O3/c1-3-24-26(31,19-11-13-28(24)14-12-19)20-9-10-25(29-16-22(30)23(17-29)32-2)27-21(20)15-18-7-5-4-6-8-18/h1,4-10,19,22-24,30-31H,11-17H2,2H3/t22-,23-,24?,26-/m1/s1. The van der Waals surface area contributed by atoms with Crippen molar-refractivity contribution in [1.82, 2.24) is 9.88 Å². The molecule has 6 rings (SSSR count). The molecule has 4 atom stereocenters. The molecule has 4 aliphatic rings. The molecule has 4 aliphatic heterocycles. The number of methoxy groups -OCH3 is 1. The summed E-state index contributed by atoms with van der Waals surface area (Å²) < 4.78 is 5.41. The van der Waals surface area contributed by atoms with Crippen LogP contribution in [-0.4, -0.2) is 71.6 Å². The fourth-order valence-electron chi connectivity index (χ4n) is 5.83. The molecule has 2 aromatic rings. The van der Waals surface area contributed by atoms with Crippen LogP contribution in [0.3, 0.4) is 0 Å². The molecule has 0 spiro atoms. The molecule has 2 bridgehead atoms. The maximum absolute atomic E-state index is 12.1. The number of hydrogen-bond donors (Lipinski definition) is 2. The van der Waals surface area contributed by atoms with Crippen molar-refractivity contribution in [3.8, 4) is 12.3 Å². The number of aliphatic hydroxyl groups is 2. The van der Waals surface area contributed by atoms with Crippen LogP contribution in [0.5, 0.6) is 0 Å². The van der Waals surface area contributed by atoms with Crippen LogP contribution in [0.4, 0.5) is 5.82 Å². The number of pyridine rings is 1. The lowest BCUT2D eigenvalue weighted by atomic mass is 9.66. The Labute approximate surface area is 189 Å². The van der Waals surface area contributed by atoms with Crippen molar-refractivity contribution in [2.24, 2.45) is 5.92 Å². The van der Waals surface area contributed by atoms with Gasteiger partial charge in [0.2, 0.25) is 0 Å². The Bertz CT molecular complexity index is 999. The van der Waals surface area contributed by atoms with Crippen LogP contribution in [-0.2, 0) is 16.8 Å². The van der Waals surface area contributed by atoms with E-state index in [4.69, 9.17) is 16.1 Å². The summed E-state index contributed by atoms with van der Waals surface area (Å²) in [5, 5.41) is 22.4. The van der Waals surface area contributed by atoms with E-state index in [2.05, 4.69) is 27.9 Å². The average molecular weight is 434 g/mol. The molecule has 5 heterocycles. The maximum atomic E-state index is 12.1. The summed E-state index contributed by atoms with van der Waals surface area (Å²) in [7, 11) is 1.62. The highest BCUT2D eigenvalue weighted by Crippen LogP contribution is 2.48. The quantitative estimate of drug-likeness (QED) is 0.701. The number of aliphatic hydroxyl groups excluding tert-OH is 1. The predicted octanol–water partition coefficient (Wildman–Crippen LogP) is 1.78. The molecule has 0 amide bonds. The smallest absolute Gasteiger partial charge is 0.129 e. The SMILES string of the molecule is C#CC1N2CCC(CC2)[C@@]1(O)c1ccc(N2C[C@@H](O)[C@H](OC)C2)nc1Cc1ccccc1. The fraction of sp³-hybridized carbons (Fsp3) is 0.500. The van der Waals surface area contributed by atoms with Crippen LogP contribution in [0.25, 0.3) is 0 Å². The first-order valence-electron chi connectivity index (χ1n) is 11.5. The molecule has 0 saturated carbocycles. The maximum Gasteiger partial charge on any atom is 0.129 e. The highest BCUT2D eigenvalue weighted by Gasteiger charge is 2.54. The van der Waals surface area contributed by atoms with Gasteiger partial charge in [0.1, 0.15) is 23.6 Å². The molecule has 4 fully saturated rings. The third-order valence-corrected chi connectivity index (χ3v) is 7.56. The van der Waals surface area contributed by atoms with Gasteiger partial charge in [-0.15, -0.1) is 6.42 Å². The monoisotopic (exact) mass is 433 g/mol. The van der Waals surface area contributed by atoms with E-state index in [0.717, 1.165) is 48.6 Å². The van der Waals surface area contributed by atoms with Crippen molar-refractivity contribution < 1.29 is 14.9 Å². The van der Waals surface area contributed by atoms with E-state index in [1.54, 1.807) is 7.11 Å². The highest BCUT2D eigenvalue weighted by molar-refractivity contribution is 5.48. The normalized spacial score (nSPS) is 33.9. The van der Waals surface area contributed by atoms with Crippen molar-refractivity contribution >= 4 is 5.82 Å². The minimum Gasteiger partial charge on any atom is -0.388 e. The summed E-state index contributed by atoms with van der Waals surface area (Å²) in [6.45, 7) is 2.93. The first kappa shape index (κ1) is 21.4. The van der Waals surface area contributed by atoms with E-state index in [1.165, 1.54) is 0 Å². The summed E-state index contributed by atoms with van der Waals surface area (Å²) >= 11 is 0. The number of hydrogen-bond acceptors (Lipinski definition) is 6. The zero-order valence-corrected chi connectivity index (χ0v) is 18.5. The second-order valence-electron chi connectivity index (χ2n) is 9.28. The van der Waals surface area contributed by atoms with Gasteiger partial charge in [-0.25, -0.2) is 4.98 Å². The molecular weight excluding hydrogens is 402 g/mol. The number of nitrogens with zero attached hydrogens (tertiary/aromatic N) is 3. The Hall–Kier alpha value is -2.43. The van der Waals surface area contributed by atoms with Gasteiger partial charge in [-0.05, 0) is 43.5 Å². The molecule has 2 N–H and O–H groups in total. The Balaban J connectivity index is 1.57. The summed E-state index contributed by atoms with van der Waals surface area (Å²) in [6, 6.07) is 13.8. The van der Waals surface area contributed by atoms with Gasteiger partial charge in [-0.3, -0.25) is 4.90 Å². The number of ether oxygens (including phenoxy) is 1. The van der Waals surface area contributed by atoms with E-state index in [9.17, 15) is 10.2 Å². The van der Waals surface area contributed by atoms with Gasteiger partial charge in [0.25, 0.3) is 0 Å². The van der Waals surface area contributed by atoms with E-state index in [0.29, 0.717) is 19.5 Å². The van der Waals surface area contributed by atoms with E-state index >= 15 is 0 Å². The van der Waals surface area contributed by atoms with Gasteiger partial charge in [-0.1, -0.05) is 42.3 Å². The van der Waals surface area contributed by atoms with E-state index in [1.807, 2.05) is 30.3 Å². The van der Waals surface area contributed by atoms with Crippen molar-refractivity contribution in [2.75, 3.05) is 38.2 Å². The number of fused-ring (bicyclic) bond motifs is 3. The third-order valence-electron chi connectivity index (χ3n) is 7.56. The minimum atomic E-state index is -1.11. The molecule has 6 nitrogen and oxygen atoms in total. The number of terminal acetylenes is 1.